The van der Waals surface area contributed by atoms with E-state index in [1.807, 2.05) is 0 Å². The SMILES string of the molecule is N#Cc1ccc(O[C@H]2CCC[C@@H]2O)c(C(F)(F)F)c1. The summed E-state index contributed by atoms with van der Waals surface area (Å²) >= 11 is 0. The van der Waals surface area contributed by atoms with Crippen molar-refractivity contribution in [3.8, 4) is 11.8 Å². The molecule has 0 amide bonds. The average molecular weight is 271 g/mol. The van der Waals surface area contributed by atoms with Crippen molar-refractivity contribution in [3.63, 3.8) is 0 Å². The molecule has 1 fully saturated rings. The van der Waals surface area contributed by atoms with Gasteiger partial charge in [-0.25, -0.2) is 0 Å². The molecule has 3 nitrogen and oxygen atoms in total. The topological polar surface area (TPSA) is 53.2 Å². The lowest BCUT2D eigenvalue weighted by atomic mass is 10.1. The number of hydrogen-bond acceptors (Lipinski definition) is 3. The van der Waals surface area contributed by atoms with E-state index in [0.717, 1.165) is 18.6 Å². The first-order valence-electron chi connectivity index (χ1n) is 5.88. The molecule has 19 heavy (non-hydrogen) atoms. The van der Waals surface area contributed by atoms with Crippen molar-refractivity contribution in [2.24, 2.45) is 0 Å². The third-order valence-corrected chi connectivity index (χ3v) is 3.11. The first-order valence-corrected chi connectivity index (χ1v) is 5.88. The van der Waals surface area contributed by atoms with Gasteiger partial charge in [0.25, 0.3) is 0 Å². The fraction of sp³-hybridized carbons (Fsp3) is 0.462. The van der Waals surface area contributed by atoms with Gasteiger partial charge in [-0.1, -0.05) is 0 Å². The van der Waals surface area contributed by atoms with Crippen LogP contribution in [0.25, 0.3) is 0 Å². The zero-order valence-electron chi connectivity index (χ0n) is 9.94. The molecule has 0 bridgehead atoms. The molecule has 0 aliphatic heterocycles. The Hall–Kier alpha value is -1.74. The largest absolute Gasteiger partial charge is 0.487 e. The smallest absolute Gasteiger partial charge is 0.420 e. The van der Waals surface area contributed by atoms with Gasteiger partial charge in [0.05, 0.1) is 23.3 Å². The summed E-state index contributed by atoms with van der Waals surface area (Å²) in [6.45, 7) is 0. The van der Waals surface area contributed by atoms with Crippen LogP contribution in [0.15, 0.2) is 18.2 Å². The minimum absolute atomic E-state index is 0.0772. The second-order valence-electron chi connectivity index (χ2n) is 4.48. The van der Waals surface area contributed by atoms with E-state index < -0.39 is 23.9 Å². The monoisotopic (exact) mass is 271 g/mol. The predicted octanol–water partition coefficient (Wildman–Crippen LogP) is 2.87. The van der Waals surface area contributed by atoms with Crippen LogP contribution in [0.3, 0.4) is 0 Å². The van der Waals surface area contributed by atoms with Crippen LogP contribution < -0.4 is 4.74 Å². The number of aliphatic hydroxyl groups is 1. The second kappa shape index (κ2) is 5.10. The molecule has 6 heteroatoms. The third kappa shape index (κ3) is 2.99. The first kappa shape index (κ1) is 13.7. The number of rotatable bonds is 2. The van der Waals surface area contributed by atoms with Crippen LogP contribution in [-0.2, 0) is 6.18 Å². The van der Waals surface area contributed by atoms with E-state index in [-0.39, 0.29) is 11.3 Å². The Balaban J connectivity index is 2.32. The van der Waals surface area contributed by atoms with E-state index >= 15 is 0 Å². The molecule has 0 unspecified atom stereocenters. The first-order chi connectivity index (χ1) is 8.91. The Bertz CT molecular complexity index is 508. The molecule has 102 valence electrons. The molecule has 1 aliphatic rings. The molecule has 0 aromatic heterocycles. The van der Waals surface area contributed by atoms with Gasteiger partial charge >= 0.3 is 6.18 Å². The molecule has 2 rings (SSSR count). The summed E-state index contributed by atoms with van der Waals surface area (Å²) in [6.07, 6.45) is -4.17. The summed E-state index contributed by atoms with van der Waals surface area (Å²) in [4.78, 5) is 0. The lowest BCUT2D eigenvalue weighted by molar-refractivity contribution is -0.139. The maximum absolute atomic E-state index is 12.9. The summed E-state index contributed by atoms with van der Waals surface area (Å²) in [5.74, 6) is -0.336. The van der Waals surface area contributed by atoms with Gasteiger partial charge in [-0.3, -0.25) is 0 Å². The van der Waals surface area contributed by atoms with Crippen molar-refractivity contribution in [3.05, 3.63) is 29.3 Å². The van der Waals surface area contributed by atoms with Gasteiger partial charge in [-0.15, -0.1) is 0 Å². The fourth-order valence-corrected chi connectivity index (χ4v) is 2.13. The highest BCUT2D eigenvalue weighted by Gasteiger charge is 2.36. The number of ether oxygens (including phenoxy) is 1. The van der Waals surface area contributed by atoms with E-state index in [9.17, 15) is 18.3 Å². The Labute approximate surface area is 108 Å². The van der Waals surface area contributed by atoms with E-state index in [1.54, 1.807) is 6.07 Å². The molecule has 2 atom stereocenters. The quantitative estimate of drug-likeness (QED) is 0.899. The van der Waals surface area contributed by atoms with E-state index in [0.29, 0.717) is 12.8 Å². The number of nitrogens with zero attached hydrogens (tertiary/aromatic N) is 1. The molecule has 0 spiro atoms. The molecule has 0 heterocycles. The highest BCUT2D eigenvalue weighted by atomic mass is 19.4. The maximum atomic E-state index is 12.9. The van der Waals surface area contributed by atoms with Crippen LogP contribution in [0.5, 0.6) is 5.75 Å². The standard InChI is InChI=1S/C13H12F3NO2/c14-13(15,16)9-6-8(7-17)4-5-11(9)19-12-3-1-2-10(12)18/h4-6,10,12,18H,1-3H2/t10-,12-/m0/s1. The van der Waals surface area contributed by atoms with Gasteiger partial charge in [-0.05, 0) is 37.5 Å². The average Bonchev–Trinajstić information content (AvgIpc) is 2.74. The Morgan fingerprint density at radius 2 is 2.05 bits per heavy atom. The van der Waals surface area contributed by atoms with E-state index in [1.165, 1.54) is 6.07 Å². The van der Waals surface area contributed by atoms with Crippen LogP contribution in [0.4, 0.5) is 13.2 Å². The van der Waals surface area contributed by atoms with Crippen molar-refractivity contribution in [2.45, 2.75) is 37.6 Å². The number of benzene rings is 1. The third-order valence-electron chi connectivity index (χ3n) is 3.11. The van der Waals surface area contributed by atoms with Crippen molar-refractivity contribution >= 4 is 0 Å². The molecule has 1 N–H and O–H groups in total. The van der Waals surface area contributed by atoms with Gasteiger partial charge in [-0.2, -0.15) is 18.4 Å². The normalized spacial score (nSPS) is 23.1. The zero-order chi connectivity index (χ0) is 14.0. The minimum Gasteiger partial charge on any atom is -0.487 e. The maximum Gasteiger partial charge on any atom is 0.420 e. The molecule has 1 aliphatic carbocycles. The molecule has 1 aromatic carbocycles. The number of nitriles is 1. The van der Waals surface area contributed by atoms with Crippen molar-refractivity contribution < 1.29 is 23.0 Å². The van der Waals surface area contributed by atoms with Crippen molar-refractivity contribution in [2.75, 3.05) is 0 Å². The van der Waals surface area contributed by atoms with Gasteiger partial charge in [0.15, 0.2) is 0 Å². The molecule has 0 saturated heterocycles. The lowest BCUT2D eigenvalue weighted by Gasteiger charge is -2.20. The Morgan fingerprint density at radius 1 is 1.32 bits per heavy atom. The van der Waals surface area contributed by atoms with Crippen LogP contribution in [0, 0.1) is 11.3 Å². The van der Waals surface area contributed by atoms with Crippen molar-refractivity contribution in [1.29, 1.82) is 5.26 Å². The molecular weight excluding hydrogens is 259 g/mol. The number of aliphatic hydroxyl groups excluding tert-OH is 1. The van der Waals surface area contributed by atoms with Crippen LogP contribution >= 0.6 is 0 Å². The summed E-state index contributed by atoms with van der Waals surface area (Å²) in [6, 6.07) is 4.83. The van der Waals surface area contributed by atoms with Crippen LogP contribution in [0.1, 0.15) is 30.4 Å². The Morgan fingerprint density at radius 3 is 2.58 bits per heavy atom. The number of halogens is 3. The van der Waals surface area contributed by atoms with Crippen LogP contribution in [0.2, 0.25) is 0 Å². The van der Waals surface area contributed by atoms with Gasteiger partial charge in [0, 0.05) is 0 Å². The summed E-state index contributed by atoms with van der Waals surface area (Å²) in [7, 11) is 0. The fourth-order valence-electron chi connectivity index (χ4n) is 2.13. The summed E-state index contributed by atoms with van der Waals surface area (Å²) < 4.78 is 43.9. The van der Waals surface area contributed by atoms with Gasteiger partial charge < -0.3 is 9.84 Å². The minimum atomic E-state index is -4.59. The van der Waals surface area contributed by atoms with Crippen LogP contribution in [-0.4, -0.2) is 17.3 Å². The molecular formula is C13H12F3NO2. The zero-order valence-corrected chi connectivity index (χ0v) is 9.94. The van der Waals surface area contributed by atoms with Crippen molar-refractivity contribution in [1.82, 2.24) is 0 Å². The van der Waals surface area contributed by atoms with Gasteiger partial charge in [0.2, 0.25) is 0 Å². The van der Waals surface area contributed by atoms with E-state index in [4.69, 9.17) is 10.00 Å². The molecule has 1 aromatic rings. The van der Waals surface area contributed by atoms with E-state index in [2.05, 4.69) is 0 Å². The Kier molecular flexibility index (Phi) is 3.67. The predicted molar refractivity (Wildman–Crippen MR) is 60.4 cm³/mol. The second-order valence-corrected chi connectivity index (χ2v) is 4.48. The number of alkyl halides is 3. The van der Waals surface area contributed by atoms with Gasteiger partial charge in [0.1, 0.15) is 11.9 Å². The highest BCUT2D eigenvalue weighted by Crippen LogP contribution is 2.38. The lowest BCUT2D eigenvalue weighted by Crippen LogP contribution is -2.26. The summed E-state index contributed by atoms with van der Waals surface area (Å²) in [5.41, 5.74) is -1.06. The summed E-state index contributed by atoms with van der Waals surface area (Å²) in [5, 5.41) is 18.2. The molecule has 0 radical (unpaired) electrons. The highest BCUT2D eigenvalue weighted by molar-refractivity contribution is 5.43. The number of hydrogen-bond donors (Lipinski definition) is 1. The molecule has 1 saturated carbocycles.